The van der Waals surface area contributed by atoms with Crippen LogP contribution in [0.15, 0.2) is 34.8 Å². The second kappa shape index (κ2) is 6.26. The van der Waals surface area contributed by atoms with E-state index in [1.165, 1.54) is 18.2 Å². The van der Waals surface area contributed by atoms with Crippen molar-refractivity contribution in [1.82, 2.24) is 0 Å². The normalized spacial score (nSPS) is 10.5. The fourth-order valence-corrected chi connectivity index (χ4v) is 2.24. The Kier molecular flexibility index (Phi) is 4.63. The fourth-order valence-electron chi connectivity index (χ4n) is 2.01. The van der Waals surface area contributed by atoms with Gasteiger partial charge in [0.05, 0.1) is 5.56 Å². The van der Waals surface area contributed by atoms with Crippen molar-refractivity contribution in [2.45, 2.75) is 20.5 Å². The molecule has 0 radical (unpaired) electrons. The standard InChI is InChI=1S/C16H14BrFO3/c1-9-6-12(7-10(2)14(9)17)21-8-11-4-3-5-13(15(11)18)16(19)20/h3-7H,8H2,1-2H3,(H,19,20). The van der Waals surface area contributed by atoms with E-state index in [9.17, 15) is 9.18 Å². The first-order chi connectivity index (χ1) is 9.90. The van der Waals surface area contributed by atoms with Gasteiger partial charge < -0.3 is 9.84 Å². The molecule has 5 heteroatoms. The molecule has 3 nitrogen and oxygen atoms in total. The van der Waals surface area contributed by atoms with E-state index in [4.69, 9.17) is 9.84 Å². The number of aryl methyl sites for hydroxylation is 2. The molecule has 1 N–H and O–H groups in total. The molecular formula is C16H14BrFO3. The predicted molar refractivity (Wildman–Crippen MR) is 81.3 cm³/mol. The number of hydrogen-bond donors (Lipinski definition) is 1. The summed E-state index contributed by atoms with van der Waals surface area (Å²) in [4.78, 5) is 10.9. The molecule has 0 aromatic heterocycles. The van der Waals surface area contributed by atoms with E-state index in [-0.39, 0.29) is 17.7 Å². The van der Waals surface area contributed by atoms with Gasteiger partial charge in [0.1, 0.15) is 18.2 Å². The molecule has 0 aliphatic rings. The number of rotatable bonds is 4. The van der Waals surface area contributed by atoms with Crippen molar-refractivity contribution in [3.63, 3.8) is 0 Å². The summed E-state index contributed by atoms with van der Waals surface area (Å²) in [7, 11) is 0. The number of carboxylic acids is 1. The van der Waals surface area contributed by atoms with Crippen molar-refractivity contribution >= 4 is 21.9 Å². The number of ether oxygens (including phenoxy) is 1. The van der Waals surface area contributed by atoms with E-state index in [0.29, 0.717) is 5.75 Å². The van der Waals surface area contributed by atoms with Gasteiger partial charge >= 0.3 is 5.97 Å². The zero-order valence-corrected chi connectivity index (χ0v) is 13.2. The predicted octanol–water partition coefficient (Wildman–Crippen LogP) is 4.48. The number of carboxylic acid groups (broad SMARTS) is 1. The van der Waals surface area contributed by atoms with Gasteiger partial charge in [0.15, 0.2) is 0 Å². The zero-order chi connectivity index (χ0) is 15.6. The van der Waals surface area contributed by atoms with Gasteiger partial charge in [-0.1, -0.05) is 28.1 Å². The Morgan fingerprint density at radius 3 is 2.48 bits per heavy atom. The summed E-state index contributed by atoms with van der Waals surface area (Å²) >= 11 is 3.47. The lowest BCUT2D eigenvalue weighted by Crippen LogP contribution is -2.06. The maximum absolute atomic E-state index is 14.0. The summed E-state index contributed by atoms with van der Waals surface area (Å²) in [5.74, 6) is -1.42. The second-order valence-corrected chi connectivity index (χ2v) is 5.54. The Morgan fingerprint density at radius 1 is 1.29 bits per heavy atom. The van der Waals surface area contributed by atoms with Crippen LogP contribution < -0.4 is 4.74 Å². The monoisotopic (exact) mass is 352 g/mol. The molecule has 2 aromatic rings. The van der Waals surface area contributed by atoms with E-state index in [1.807, 2.05) is 26.0 Å². The Bertz CT molecular complexity index is 675. The van der Waals surface area contributed by atoms with Crippen LogP contribution in [0.3, 0.4) is 0 Å². The van der Waals surface area contributed by atoms with Crippen molar-refractivity contribution in [3.8, 4) is 5.75 Å². The summed E-state index contributed by atoms with van der Waals surface area (Å²) in [6, 6.07) is 7.94. The number of aromatic carboxylic acids is 1. The molecule has 21 heavy (non-hydrogen) atoms. The van der Waals surface area contributed by atoms with Gasteiger partial charge in [-0.25, -0.2) is 9.18 Å². The molecule has 0 spiro atoms. The van der Waals surface area contributed by atoms with Crippen molar-refractivity contribution < 1.29 is 19.0 Å². The zero-order valence-electron chi connectivity index (χ0n) is 11.6. The lowest BCUT2D eigenvalue weighted by molar-refractivity contribution is 0.0691. The van der Waals surface area contributed by atoms with E-state index >= 15 is 0 Å². The highest BCUT2D eigenvalue weighted by Crippen LogP contribution is 2.27. The maximum Gasteiger partial charge on any atom is 0.338 e. The van der Waals surface area contributed by atoms with Crippen LogP contribution in [0, 0.1) is 19.7 Å². The summed E-state index contributed by atoms with van der Waals surface area (Å²) in [6.45, 7) is 3.86. The first-order valence-corrected chi connectivity index (χ1v) is 7.09. The van der Waals surface area contributed by atoms with Crippen molar-refractivity contribution in [3.05, 3.63) is 62.9 Å². The summed E-state index contributed by atoms with van der Waals surface area (Å²) in [5, 5.41) is 8.89. The topological polar surface area (TPSA) is 46.5 Å². The molecule has 0 atom stereocenters. The summed E-state index contributed by atoms with van der Waals surface area (Å²) < 4.78 is 20.6. The van der Waals surface area contributed by atoms with Crippen LogP contribution >= 0.6 is 15.9 Å². The lowest BCUT2D eigenvalue weighted by Gasteiger charge is -2.11. The Labute approximate surface area is 130 Å². The lowest BCUT2D eigenvalue weighted by atomic mass is 10.1. The van der Waals surface area contributed by atoms with Crippen molar-refractivity contribution in [2.24, 2.45) is 0 Å². The molecule has 0 saturated heterocycles. The van der Waals surface area contributed by atoms with Crippen molar-refractivity contribution in [2.75, 3.05) is 0 Å². The first-order valence-electron chi connectivity index (χ1n) is 6.30. The highest BCUT2D eigenvalue weighted by molar-refractivity contribution is 9.10. The van der Waals surface area contributed by atoms with Gasteiger partial charge in [-0.15, -0.1) is 0 Å². The molecule has 110 valence electrons. The van der Waals surface area contributed by atoms with Crippen molar-refractivity contribution in [1.29, 1.82) is 0 Å². The highest BCUT2D eigenvalue weighted by Gasteiger charge is 2.14. The number of hydrogen-bond acceptors (Lipinski definition) is 2. The largest absolute Gasteiger partial charge is 0.489 e. The maximum atomic E-state index is 14.0. The third kappa shape index (κ3) is 3.42. The van der Waals surface area contributed by atoms with Gasteiger partial charge in [-0.3, -0.25) is 0 Å². The van der Waals surface area contributed by atoms with E-state index in [2.05, 4.69) is 15.9 Å². The molecule has 0 bridgehead atoms. The first kappa shape index (κ1) is 15.5. The number of benzene rings is 2. The van der Waals surface area contributed by atoms with Crippen LogP contribution in [-0.4, -0.2) is 11.1 Å². The van der Waals surface area contributed by atoms with Crippen LogP contribution in [-0.2, 0) is 6.61 Å². The number of carbonyl (C=O) groups is 1. The van der Waals surface area contributed by atoms with Gasteiger partial charge in [-0.05, 0) is 43.2 Å². The average molecular weight is 353 g/mol. The van der Waals surface area contributed by atoms with E-state index in [1.54, 1.807) is 0 Å². The van der Waals surface area contributed by atoms with Gasteiger partial charge in [0.25, 0.3) is 0 Å². The molecule has 0 amide bonds. The Hall–Kier alpha value is -1.88. The molecule has 0 fully saturated rings. The molecule has 0 saturated carbocycles. The molecule has 0 unspecified atom stereocenters. The molecule has 2 aromatic carbocycles. The van der Waals surface area contributed by atoms with Crippen LogP contribution in [0.4, 0.5) is 4.39 Å². The highest BCUT2D eigenvalue weighted by atomic mass is 79.9. The van der Waals surface area contributed by atoms with Crippen LogP contribution in [0.5, 0.6) is 5.75 Å². The fraction of sp³-hybridized carbons (Fsp3) is 0.188. The van der Waals surface area contributed by atoms with Crippen LogP contribution in [0.2, 0.25) is 0 Å². The molecular weight excluding hydrogens is 339 g/mol. The molecule has 0 aliphatic carbocycles. The minimum atomic E-state index is -1.29. The van der Waals surface area contributed by atoms with Gasteiger partial charge in [-0.2, -0.15) is 0 Å². The van der Waals surface area contributed by atoms with Gasteiger partial charge in [0.2, 0.25) is 0 Å². The Morgan fingerprint density at radius 2 is 1.90 bits per heavy atom. The average Bonchev–Trinajstić information content (AvgIpc) is 2.43. The summed E-state index contributed by atoms with van der Waals surface area (Å²) in [5.41, 5.74) is 1.90. The van der Waals surface area contributed by atoms with Gasteiger partial charge in [0, 0.05) is 10.0 Å². The third-order valence-corrected chi connectivity index (χ3v) is 4.36. The number of halogens is 2. The quantitative estimate of drug-likeness (QED) is 0.882. The van der Waals surface area contributed by atoms with E-state index < -0.39 is 11.8 Å². The smallest absolute Gasteiger partial charge is 0.338 e. The molecule has 2 rings (SSSR count). The minimum Gasteiger partial charge on any atom is -0.489 e. The third-order valence-electron chi connectivity index (χ3n) is 3.11. The Balaban J connectivity index is 2.21. The minimum absolute atomic E-state index is 0.0204. The molecule has 0 aliphatic heterocycles. The second-order valence-electron chi connectivity index (χ2n) is 4.74. The van der Waals surface area contributed by atoms with Crippen LogP contribution in [0.25, 0.3) is 0 Å². The SMILES string of the molecule is Cc1cc(OCc2cccc(C(=O)O)c2F)cc(C)c1Br. The van der Waals surface area contributed by atoms with Crippen LogP contribution in [0.1, 0.15) is 27.0 Å². The van der Waals surface area contributed by atoms with E-state index in [0.717, 1.165) is 15.6 Å². The molecule has 0 heterocycles. The summed E-state index contributed by atoms with van der Waals surface area (Å²) in [6.07, 6.45) is 0.